The van der Waals surface area contributed by atoms with Crippen molar-refractivity contribution in [3.05, 3.63) is 17.7 Å². The number of nitrogens with two attached hydrogens (primary N) is 1. The summed E-state index contributed by atoms with van der Waals surface area (Å²) in [6, 6.07) is 0.685. The second-order valence-electron chi connectivity index (χ2n) is 3.87. The van der Waals surface area contributed by atoms with E-state index in [0.29, 0.717) is 12.6 Å². The summed E-state index contributed by atoms with van der Waals surface area (Å²) in [7, 11) is -3.64. The molecule has 0 aromatic carbocycles. The predicted molar refractivity (Wildman–Crippen MR) is 69.4 cm³/mol. The molecule has 1 aromatic rings. The SMILES string of the molecule is CCCNc1nc(NCCS(N)(=O)=O)c(F)cc1F. The number of hydrogen-bond donors (Lipinski definition) is 3. The van der Waals surface area contributed by atoms with Gasteiger partial charge < -0.3 is 10.6 Å². The summed E-state index contributed by atoms with van der Waals surface area (Å²) in [5.74, 6) is -2.37. The van der Waals surface area contributed by atoms with Crippen LogP contribution < -0.4 is 15.8 Å². The molecule has 0 amide bonds. The molecular formula is C10H16F2N4O2S. The minimum Gasteiger partial charge on any atom is -0.368 e. The molecule has 0 bridgehead atoms. The number of pyridine rings is 1. The maximum absolute atomic E-state index is 13.4. The molecule has 0 aliphatic carbocycles. The molecule has 0 spiro atoms. The molecule has 1 rings (SSSR count). The highest BCUT2D eigenvalue weighted by atomic mass is 32.2. The molecule has 108 valence electrons. The highest BCUT2D eigenvalue weighted by Crippen LogP contribution is 2.18. The molecule has 0 radical (unpaired) electrons. The van der Waals surface area contributed by atoms with Crippen LogP contribution in [0.1, 0.15) is 13.3 Å². The molecule has 4 N–H and O–H groups in total. The van der Waals surface area contributed by atoms with E-state index >= 15 is 0 Å². The van der Waals surface area contributed by atoms with Gasteiger partial charge in [0.2, 0.25) is 10.0 Å². The Morgan fingerprint density at radius 2 is 1.74 bits per heavy atom. The van der Waals surface area contributed by atoms with Crippen molar-refractivity contribution in [1.29, 1.82) is 0 Å². The minimum atomic E-state index is -3.64. The van der Waals surface area contributed by atoms with Gasteiger partial charge in [0.25, 0.3) is 0 Å². The standard InChI is InChI=1S/C10H16F2N4O2S/c1-2-3-14-9-7(11)6-8(12)10(16-9)15-4-5-19(13,17)18/h6H,2-5H2,1H3,(H2,13,17,18)(H2,14,15,16). The van der Waals surface area contributed by atoms with Crippen LogP contribution in [0.3, 0.4) is 0 Å². The quantitative estimate of drug-likeness (QED) is 0.693. The van der Waals surface area contributed by atoms with Crippen molar-refractivity contribution >= 4 is 21.7 Å². The van der Waals surface area contributed by atoms with Crippen molar-refractivity contribution in [1.82, 2.24) is 4.98 Å². The van der Waals surface area contributed by atoms with Crippen LogP contribution in [-0.2, 0) is 10.0 Å². The lowest BCUT2D eigenvalue weighted by molar-refractivity contribution is 0.577. The summed E-state index contributed by atoms with van der Waals surface area (Å²) in [4.78, 5) is 3.72. The summed E-state index contributed by atoms with van der Waals surface area (Å²) >= 11 is 0. The topological polar surface area (TPSA) is 97.1 Å². The largest absolute Gasteiger partial charge is 0.368 e. The zero-order valence-corrected chi connectivity index (χ0v) is 11.2. The van der Waals surface area contributed by atoms with Crippen molar-refractivity contribution in [2.24, 2.45) is 5.14 Å². The zero-order chi connectivity index (χ0) is 14.5. The van der Waals surface area contributed by atoms with E-state index < -0.39 is 21.7 Å². The number of aromatic nitrogens is 1. The van der Waals surface area contributed by atoms with Gasteiger partial charge in [-0.25, -0.2) is 27.3 Å². The Hall–Kier alpha value is -1.48. The number of anilines is 2. The van der Waals surface area contributed by atoms with E-state index in [1.54, 1.807) is 0 Å². The van der Waals surface area contributed by atoms with Crippen LogP contribution in [-0.4, -0.2) is 32.2 Å². The highest BCUT2D eigenvalue weighted by Gasteiger charge is 2.12. The van der Waals surface area contributed by atoms with Gasteiger partial charge in [-0.1, -0.05) is 6.92 Å². The predicted octanol–water partition coefficient (Wildman–Crippen LogP) is 0.882. The fraction of sp³-hybridized carbons (Fsp3) is 0.500. The van der Waals surface area contributed by atoms with Gasteiger partial charge in [-0.05, 0) is 6.42 Å². The Morgan fingerprint density at radius 1 is 1.21 bits per heavy atom. The van der Waals surface area contributed by atoms with Crippen LogP contribution in [0.15, 0.2) is 6.07 Å². The molecule has 0 fully saturated rings. The van der Waals surface area contributed by atoms with Crippen LogP contribution in [0.5, 0.6) is 0 Å². The van der Waals surface area contributed by atoms with Crippen molar-refractivity contribution < 1.29 is 17.2 Å². The molecule has 6 nitrogen and oxygen atoms in total. The third-order valence-electron chi connectivity index (χ3n) is 2.15. The summed E-state index contributed by atoms with van der Waals surface area (Å²) < 4.78 is 48.2. The fourth-order valence-electron chi connectivity index (χ4n) is 1.27. The number of halogens is 2. The summed E-state index contributed by atoms with van der Waals surface area (Å²) in [5, 5.41) is 9.97. The number of primary sulfonamides is 1. The smallest absolute Gasteiger partial charge is 0.210 e. The minimum absolute atomic E-state index is 0.0821. The third-order valence-corrected chi connectivity index (χ3v) is 2.92. The fourth-order valence-corrected chi connectivity index (χ4v) is 1.66. The first-order chi connectivity index (χ1) is 8.83. The van der Waals surface area contributed by atoms with E-state index in [4.69, 9.17) is 5.14 Å². The molecule has 9 heteroatoms. The Bertz CT molecular complexity index is 537. The second kappa shape index (κ2) is 6.62. The molecule has 0 aliphatic heterocycles. The van der Waals surface area contributed by atoms with Gasteiger partial charge in [0, 0.05) is 19.2 Å². The Labute approximate surface area is 110 Å². The molecule has 1 heterocycles. The van der Waals surface area contributed by atoms with E-state index in [2.05, 4.69) is 15.6 Å². The Morgan fingerprint density at radius 3 is 2.21 bits per heavy atom. The van der Waals surface area contributed by atoms with Crippen molar-refractivity contribution in [3.63, 3.8) is 0 Å². The van der Waals surface area contributed by atoms with Gasteiger partial charge in [0.1, 0.15) is 0 Å². The lowest BCUT2D eigenvalue weighted by Crippen LogP contribution is -2.23. The van der Waals surface area contributed by atoms with E-state index in [1.807, 2.05) is 6.92 Å². The van der Waals surface area contributed by atoms with Gasteiger partial charge in [0.05, 0.1) is 5.75 Å². The van der Waals surface area contributed by atoms with E-state index in [-0.39, 0.29) is 23.9 Å². The van der Waals surface area contributed by atoms with Gasteiger partial charge >= 0.3 is 0 Å². The molecule has 0 aliphatic rings. The monoisotopic (exact) mass is 294 g/mol. The normalized spacial score (nSPS) is 11.4. The number of nitrogens with zero attached hydrogens (tertiary/aromatic N) is 1. The maximum Gasteiger partial charge on any atom is 0.210 e. The van der Waals surface area contributed by atoms with E-state index in [1.165, 1.54) is 0 Å². The van der Waals surface area contributed by atoms with Crippen LogP contribution in [0.4, 0.5) is 20.4 Å². The van der Waals surface area contributed by atoms with Gasteiger partial charge in [-0.2, -0.15) is 0 Å². The van der Waals surface area contributed by atoms with Crippen LogP contribution in [0.25, 0.3) is 0 Å². The molecule has 19 heavy (non-hydrogen) atoms. The van der Waals surface area contributed by atoms with Crippen molar-refractivity contribution in [2.75, 3.05) is 29.5 Å². The lowest BCUT2D eigenvalue weighted by atomic mass is 10.3. The first-order valence-corrected chi connectivity index (χ1v) is 7.39. The first kappa shape index (κ1) is 15.6. The second-order valence-corrected chi connectivity index (χ2v) is 5.60. The summed E-state index contributed by atoms with van der Waals surface area (Å²) in [6.07, 6.45) is 0.757. The first-order valence-electron chi connectivity index (χ1n) is 5.67. The van der Waals surface area contributed by atoms with E-state index in [0.717, 1.165) is 6.42 Å². The van der Waals surface area contributed by atoms with Crippen LogP contribution in [0.2, 0.25) is 0 Å². The number of rotatable bonds is 7. The summed E-state index contributed by atoms with van der Waals surface area (Å²) in [5.41, 5.74) is 0. The molecule has 1 aromatic heterocycles. The van der Waals surface area contributed by atoms with Gasteiger partial charge in [-0.15, -0.1) is 0 Å². The lowest BCUT2D eigenvalue weighted by Gasteiger charge is -2.10. The number of hydrogen-bond acceptors (Lipinski definition) is 5. The average Bonchev–Trinajstić information content (AvgIpc) is 2.29. The van der Waals surface area contributed by atoms with Gasteiger partial charge in [0.15, 0.2) is 23.3 Å². The molecular weight excluding hydrogens is 278 g/mol. The average molecular weight is 294 g/mol. The molecule has 0 saturated heterocycles. The van der Waals surface area contributed by atoms with Crippen LogP contribution >= 0.6 is 0 Å². The third kappa shape index (κ3) is 5.35. The Balaban J connectivity index is 2.76. The van der Waals surface area contributed by atoms with Crippen molar-refractivity contribution in [3.8, 4) is 0 Å². The molecule has 0 unspecified atom stereocenters. The van der Waals surface area contributed by atoms with Crippen LogP contribution in [0, 0.1) is 11.6 Å². The zero-order valence-electron chi connectivity index (χ0n) is 10.4. The summed E-state index contributed by atoms with van der Waals surface area (Å²) in [6.45, 7) is 2.27. The van der Waals surface area contributed by atoms with Crippen molar-refractivity contribution in [2.45, 2.75) is 13.3 Å². The van der Waals surface area contributed by atoms with E-state index in [9.17, 15) is 17.2 Å². The molecule has 0 saturated carbocycles. The number of nitrogens with one attached hydrogen (secondary N) is 2. The number of sulfonamides is 1. The maximum atomic E-state index is 13.4. The van der Waals surface area contributed by atoms with Gasteiger partial charge in [-0.3, -0.25) is 0 Å². The highest BCUT2D eigenvalue weighted by molar-refractivity contribution is 7.89. The Kier molecular flexibility index (Phi) is 5.43. The molecule has 0 atom stereocenters.